The molecule has 0 aliphatic carbocycles. The number of carbonyl (C=O) groups excluding carboxylic acids is 1. The Labute approximate surface area is 171 Å². The average molecular weight is 422 g/mol. The Morgan fingerprint density at radius 3 is 2.71 bits per heavy atom. The van der Waals surface area contributed by atoms with E-state index in [9.17, 15) is 14.3 Å². The molecule has 1 aromatic carbocycles. The van der Waals surface area contributed by atoms with Gasteiger partial charge in [-0.25, -0.2) is 4.21 Å². The van der Waals surface area contributed by atoms with E-state index in [-0.39, 0.29) is 12.3 Å². The topological polar surface area (TPSA) is 100 Å². The van der Waals surface area contributed by atoms with Gasteiger partial charge in [-0.15, -0.1) is 0 Å². The molecule has 1 aromatic heterocycles. The fraction of sp³-hybridized carbons (Fsp3) is 0.368. The summed E-state index contributed by atoms with van der Waals surface area (Å²) >= 11 is -0.368. The smallest absolute Gasteiger partial charge is 0.238 e. The first-order valence-electron chi connectivity index (χ1n) is 8.62. The van der Waals surface area contributed by atoms with Crippen LogP contribution in [0.4, 0.5) is 5.00 Å². The Hall–Kier alpha value is -2.57. The number of thiophene rings is 1. The van der Waals surface area contributed by atoms with Crippen LogP contribution in [0.25, 0.3) is 0 Å². The van der Waals surface area contributed by atoms with Crippen LogP contribution in [0.15, 0.2) is 18.2 Å². The van der Waals surface area contributed by atoms with Gasteiger partial charge in [-0.3, -0.25) is 15.6 Å². The Bertz CT molecular complexity index is 919. The molecular weight excluding hydrogens is 398 g/mol. The number of carbonyl (C=O) groups is 1. The van der Waals surface area contributed by atoms with Crippen molar-refractivity contribution in [3.05, 3.63) is 40.5 Å². The molecule has 2 rings (SSSR count). The normalized spacial score (nSPS) is 11.4. The van der Waals surface area contributed by atoms with Crippen molar-refractivity contribution in [2.45, 2.75) is 33.6 Å². The lowest BCUT2D eigenvalue weighted by Crippen LogP contribution is -2.29. The molecule has 28 heavy (non-hydrogen) atoms. The zero-order valence-corrected chi connectivity index (χ0v) is 17.9. The predicted molar refractivity (Wildman–Crippen MR) is 111 cm³/mol. The summed E-state index contributed by atoms with van der Waals surface area (Å²) in [5, 5.41) is 10.1. The lowest BCUT2D eigenvalue weighted by molar-refractivity contribution is -0.120. The molecule has 1 unspecified atom stereocenters. The molecule has 150 valence electrons. The zero-order chi connectivity index (χ0) is 20.7. The monoisotopic (exact) mass is 421 g/mol. The van der Waals surface area contributed by atoms with E-state index >= 15 is 0 Å². The van der Waals surface area contributed by atoms with Gasteiger partial charge in [-0.1, -0.05) is 29.0 Å². The zero-order valence-electron chi connectivity index (χ0n) is 16.3. The molecule has 0 aliphatic heterocycles. The van der Waals surface area contributed by atoms with Crippen LogP contribution in [0.1, 0.15) is 35.1 Å². The number of nitrogens with zero attached hydrogens (tertiary/aromatic N) is 1. The molecule has 7 nitrogen and oxygen atoms in total. The van der Waals surface area contributed by atoms with Crippen molar-refractivity contribution < 1.29 is 17.9 Å². The molecule has 1 heterocycles. The molecule has 0 fully saturated rings. The van der Waals surface area contributed by atoms with Gasteiger partial charge >= 0.3 is 0 Å². The van der Waals surface area contributed by atoms with Crippen LogP contribution in [0.5, 0.6) is 10.8 Å². The summed E-state index contributed by atoms with van der Waals surface area (Å²) in [6.45, 7) is 6.15. The molecule has 0 spiro atoms. The Balaban J connectivity index is 1.81. The van der Waals surface area contributed by atoms with E-state index < -0.39 is 11.1 Å². The highest BCUT2D eigenvalue weighted by Gasteiger charge is 2.17. The second kappa shape index (κ2) is 10.1. The maximum absolute atomic E-state index is 12.0. The van der Waals surface area contributed by atoms with Gasteiger partial charge in [0.15, 0.2) is 5.06 Å². The van der Waals surface area contributed by atoms with Crippen molar-refractivity contribution in [1.29, 1.82) is 5.26 Å². The van der Waals surface area contributed by atoms with Gasteiger partial charge in [0.25, 0.3) is 0 Å². The van der Waals surface area contributed by atoms with E-state index in [0.29, 0.717) is 34.2 Å². The maximum atomic E-state index is 12.0. The SMILES string of the molecule is Cc1ccc(OCCCC(=O)NNc2sc(OS(C)=O)c(C)c2C#N)c(C)c1. The van der Waals surface area contributed by atoms with Crippen molar-refractivity contribution in [3.63, 3.8) is 0 Å². The Morgan fingerprint density at radius 2 is 2.07 bits per heavy atom. The van der Waals surface area contributed by atoms with Gasteiger partial charge in [0.2, 0.25) is 17.0 Å². The van der Waals surface area contributed by atoms with Crippen LogP contribution in [0.2, 0.25) is 0 Å². The fourth-order valence-electron chi connectivity index (χ4n) is 2.47. The predicted octanol–water partition coefficient (Wildman–Crippen LogP) is 3.52. The minimum atomic E-state index is -1.49. The molecule has 2 N–H and O–H groups in total. The van der Waals surface area contributed by atoms with E-state index in [1.807, 2.05) is 32.0 Å². The van der Waals surface area contributed by atoms with Gasteiger partial charge in [0.1, 0.15) is 16.8 Å². The fourth-order valence-corrected chi connectivity index (χ4v) is 4.07. The average Bonchev–Trinajstić information content (AvgIpc) is 2.92. The van der Waals surface area contributed by atoms with Crippen LogP contribution in [0.3, 0.4) is 0 Å². The summed E-state index contributed by atoms with van der Waals surface area (Å²) in [6.07, 6.45) is 2.23. The first kappa shape index (κ1) is 21.7. The minimum Gasteiger partial charge on any atom is -0.493 e. The molecular formula is C19H23N3O4S2. The third-order valence-electron chi connectivity index (χ3n) is 3.86. The van der Waals surface area contributed by atoms with Gasteiger partial charge in [-0.05, 0) is 38.8 Å². The summed E-state index contributed by atoms with van der Waals surface area (Å²) in [5.41, 5.74) is 8.49. The molecule has 1 atom stereocenters. The van der Waals surface area contributed by atoms with Crippen molar-refractivity contribution in [2.24, 2.45) is 0 Å². The Morgan fingerprint density at radius 1 is 1.32 bits per heavy atom. The third-order valence-corrected chi connectivity index (χ3v) is 5.45. The third kappa shape index (κ3) is 5.97. The second-order valence-electron chi connectivity index (χ2n) is 6.21. The number of hydrazine groups is 1. The minimum absolute atomic E-state index is 0.222. The van der Waals surface area contributed by atoms with E-state index in [1.165, 1.54) is 11.8 Å². The number of rotatable bonds is 9. The van der Waals surface area contributed by atoms with Crippen LogP contribution in [-0.4, -0.2) is 23.0 Å². The van der Waals surface area contributed by atoms with Crippen LogP contribution >= 0.6 is 11.3 Å². The highest BCUT2D eigenvalue weighted by Crippen LogP contribution is 2.38. The summed E-state index contributed by atoms with van der Waals surface area (Å²) in [5.74, 6) is 0.596. The van der Waals surface area contributed by atoms with Crippen LogP contribution in [-0.2, 0) is 15.9 Å². The van der Waals surface area contributed by atoms with Gasteiger partial charge < -0.3 is 8.92 Å². The standard InChI is InChI=1S/C19H23N3O4S2/c1-12-7-8-16(13(2)10-12)25-9-5-6-17(23)21-22-18-15(11-20)14(3)19(27-18)26-28(4)24/h7-8,10,22H,5-6,9H2,1-4H3,(H,21,23). The number of amides is 1. The van der Waals surface area contributed by atoms with Crippen LogP contribution in [0, 0.1) is 32.1 Å². The number of hydrogen-bond donors (Lipinski definition) is 2. The highest BCUT2D eigenvalue weighted by atomic mass is 32.2. The molecule has 0 bridgehead atoms. The van der Waals surface area contributed by atoms with E-state index in [1.54, 1.807) is 6.92 Å². The molecule has 0 saturated carbocycles. The highest BCUT2D eigenvalue weighted by molar-refractivity contribution is 7.79. The molecule has 0 aliphatic rings. The number of hydrogen-bond acceptors (Lipinski definition) is 7. The number of ether oxygens (including phenoxy) is 1. The second-order valence-corrected chi connectivity index (χ2v) is 8.16. The summed E-state index contributed by atoms with van der Waals surface area (Å²) < 4.78 is 22.1. The first-order chi connectivity index (χ1) is 13.3. The number of benzene rings is 1. The largest absolute Gasteiger partial charge is 0.493 e. The summed E-state index contributed by atoms with van der Waals surface area (Å²) in [6, 6.07) is 8.02. The number of anilines is 1. The summed E-state index contributed by atoms with van der Waals surface area (Å²) in [4.78, 5) is 12.0. The first-order valence-corrected chi connectivity index (χ1v) is 10.9. The van der Waals surface area contributed by atoms with Gasteiger partial charge in [0.05, 0.1) is 12.2 Å². The van der Waals surface area contributed by atoms with E-state index in [2.05, 4.69) is 16.9 Å². The molecule has 0 saturated heterocycles. The van der Waals surface area contributed by atoms with Gasteiger partial charge in [0, 0.05) is 18.2 Å². The van der Waals surface area contributed by atoms with Crippen molar-refractivity contribution >= 4 is 33.3 Å². The number of nitrogens with one attached hydrogen (secondary N) is 2. The molecule has 2 aromatic rings. The van der Waals surface area contributed by atoms with Crippen molar-refractivity contribution in [2.75, 3.05) is 18.3 Å². The molecule has 9 heteroatoms. The lowest BCUT2D eigenvalue weighted by Gasteiger charge is -2.10. The van der Waals surface area contributed by atoms with Crippen molar-refractivity contribution in [3.8, 4) is 16.9 Å². The van der Waals surface area contributed by atoms with Gasteiger partial charge in [-0.2, -0.15) is 5.26 Å². The van der Waals surface area contributed by atoms with Crippen LogP contribution < -0.4 is 19.8 Å². The number of aryl methyl sites for hydroxylation is 2. The molecule has 0 radical (unpaired) electrons. The van der Waals surface area contributed by atoms with Crippen molar-refractivity contribution in [1.82, 2.24) is 5.43 Å². The quantitative estimate of drug-likeness (QED) is 0.475. The summed E-state index contributed by atoms with van der Waals surface area (Å²) in [7, 11) is 0. The maximum Gasteiger partial charge on any atom is 0.238 e. The number of nitriles is 1. The molecule has 1 amide bonds. The lowest BCUT2D eigenvalue weighted by atomic mass is 10.1. The Kier molecular flexibility index (Phi) is 7.84. The van der Waals surface area contributed by atoms with E-state index in [4.69, 9.17) is 8.92 Å². The van der Waals surface area contributed by atoms with E-state index in [0.717, 1.165) is 22.6 Å².